The summed E-state index contributed by atoms with van der Waals surface area (Å²) in [5, 5.41) is 16.0. The molecule has 0 spiro atoms. The minimum atomic E-state index is -0.612. The van der Waals surface area contributed by atoms with Crippen molar-refractivity contribution in [2.45, 2.75) is 38.0 Å². The molecular weight excluding hydrogens is 368 g/mol. The Hall–Kier alpha value is -2.13. The van der Waals surface area contributed by atoms with Crippen molar-refractivity contribution in [3.05, 3.63) is 33.3 Å². The van der Waals surface area contributed by atoms with Gasteiger partial charge < -0.3 is 10.6 Å². The number of anilines is 1. The second-order valence-corrected chi connectivity index (χ2v) is 7.96. The lowest BCUT2D eigenvalue weighted by atomic mass is 10.1. The van der Waals surface area contributed by atoms with Crippen LogP contribution in [0.2, 0.25) is 5.02 Å². The van der Waals surface area contributed by atoms with E-state index in [1.165, 1.54) is 30.0 Å². The van der Waals surface area contributed by atoms with Gasteiger partial charge in [-0.15, -0.1) is 0 Å². The molecule has 1 aromatic rings. The maximum Gasteiger partial charge on any atom is 0.271 e. The van der Waals surface area contributed by atoms with Crippen molar-refractivity contribution in [1.82, 2.24) is 5.32 Å². The van der Waals surface area contributed by atoms with Crippen LogP contribution in [0.4, 0.5) is 11.4 Å². The fraction of sp³-hybridized carbons (Fsp3) is 0.400. The van der Waals surface area contributed by atoms with Crippen LogP contribution in [-0.2, 0) is 9.59 Å². The van der Waals surface area contributed by atoms with E-state index in [9.17, 15) is 19.7 Å². The summed E-state index contributed by atoms with van der Waals surface area (Å²) in [4.78, 5) is 38.7. The number of nitro benzene ring substituents is 1. The van der Waals surface area contributed by atoms with E-state index >= 15 is 0 Å². The number of carbonyl (C=O) groups is 2. The van der Waals surface area contributed by atoms with Gasteiger partial charge in [0.05, 0.1) is 21.2 Å². The number of hydrogen-bond acceptors (Lipinski definition) is 6. The highest BCUT2D eigenvalue weighted by Crippen LogP contribution is 2.28. The van der Waals surface area contributed by atoms with Crippen LogP contribution in [0.3, 0.4) is 0 Å². The Morgan fingerprint density at radius 3 is 2.76 bits per heavy atom. The van der Waals surface area contributed by atoms with E-state index in [0.29, 0.717) is 5.17 Å². The number of carbonyl (C=O) groups excluding carboxylic acids is 2. The zero-order valence-electron chi connectivity index (χ0n) is 13.8. The molecule has 0 saturated carbocycles. The van der Waals surface area contributed by atoms with Crippen LogP contribution in [0.5, 0.6) is 0 Å². The maximum atomic E-state index is 12.2. The number of halogens is 1. The smallest absolute Gasteiger partial charge is 0.271 e. The van der Waals surface area contributed by atoms with E-state index < -0.39 is 16.1 Å². The Morgan fingerprint density at radius 1 is 1.48 bits per heavy atom. The molecule has 1 aromatic carbocycles. The molecule has 0 aliphatic carbocycles. The molecule has 2 N–H and O–H groups in total. The number of amidine groups is 1. The summed E-state index contributed by atoms with van der Waals surface area (Å²) in [6.45, 7) is 5.70. The molecular formula is C15H17ClN4O4S. The number of hydrogen-bond donors (Lipinski definition) is 2. The summed E-state index contributed by atoms with van der Waals surface area (Å²) in [6, 6.07) is 3.75. The number of thioether (sulfide) groups is 1. The molecule has 0 bridgehead atoms. The molecule has 0 unspecified atom stereocenters. The molecule has 10 heteroatoms. The van der Waals surface area contributed by atoms with Crippen molar-refractivity contribution in [3.8, 4) is 0 Å². The summed E-state index contributed by atoms with van der Waals surface area (Å²) >= 11 is 7.13. The SMILES string of the molecule is CC(C)(C)N=C1NC(=O)[C@H](CC(=O)Nc2cc([N+](=O)[O-])ccc2Cl)S1. The highest BCUT2D eigenvalue weighted by atomic mass is 35.5. The lowest BCUT2D eigenvalue weighted by Crippen LogP contribution is -2.29. The summed E-state index contributed by atoms with van der Waals surface area (Å²) in [5.41, 5.74) is -0.399. The van der Waals surface area contributed by atoms with Crippen molar-refractivity contribution < 1.29 is 14.5 Å². The Bertz CT molecular complexity index is 760. The average Bonchev–Trinajstić information content (AvgIpc) is 2.78. The van der Waals surface area contributed by atoms with E-state index in [2.05, 4.69) is 15.6 Å². The van der Waals surface area contributed by atoms with Gasteiger partial charge in [0.2, 0.25) is 11.8 Å². The Kier molecular flexibility index (Phi) is 5.69. The second-order valence-electron chi connectivity index (χ2n) is 6.36. The first-order chi connectivity index (χ1) is 11.5. The standard InChI is InChI=1S/C15H17ClN4O4S/c1-15(2,3)19-14-18-13(22)11(25-14)7-12(21)17-10-6-8(20(23)24)4-5-9(10)16/h4-6,11H,7H2,1-3H3,(H,17,21)(H,18,19,22)/t11-/m0/s1. The lowest BCUT2D eigenvalue weighted by Gasteiger charge is -2.12. The number of nitrogens with zero attached hydrogens (tertiary/aromatic N) is 2. The summed E-state index contributed by atoms with van der Waals surface area (Å²) in [6.07, 6.45) is -0.0985. The van der Waals surface area contributed by atoms with E-state index in [1.807, 2.05) is 20.8 Å². The Labute approximate surface area is 153 Å². The Balaban J connectivity index is 2.04. The molecule has 1 atom stereocenters. The molecule has 1 aliphatic heterocycles. The van der Waals surface area contributed by atoms with E-state index in [0.717, 1.165) is 0 Å². The van der Waals surface area contributed by atoms with Crippen LogP contribution in [0, 0.1) is 10.1 Å². The zero-order chi connectivity index (χ0) is 18.8. The van der Waals surface area contributed by atoms with Crippen LogP contribution in [0.25, 0.3) is 0 Å². The normalized spacial score (nSPS) is 19.0. The maximum absolute atomic E-state index is 12.2. The van der Waals surface area contributed by atoms with Crippen LogP contribution in [0.15, 0.2) is 23.2 Å². The van der Waals surface area contributed by atoms with Gasteiger partial charge in [-0.3, -0.25) is 24.7 Å². The number of benzene rings is 1. The predicted octanol–water partition coefficient (Wildman–Crippen LogP) is 2.96. The topological polar surface area (TPSA) is 114 Å². The van der Waals surface area contributed by atoms with Crippen LogP contribution in [0.1, 0.15) is 27.2 Å². The number of rotatable bonds is 4. The molecule has 1 heterocycles. The van der Waals surface area contributed by atoms with Gasteiger partial charge >= 0.3 is 0 Å². The molecule has 0 radical (unpaired) electrons. The molecule has 1 fully saturated rings. The highest BCUT2D eigenvalue weighted by Gasteiger charge is 2.33. The third-order valence-electron chi connectivity index (χ3n) is 3.02. The molecule has 134 valence electrons. The third kappa shape index (κ3) is 5.43. The Morgan fingerprint density at radius 2 is 2.16 bits per heavy atom. The van der Waals surface area contributed by atoms with E-state index in [4.69, 9.17) is 11.6 Å². The minimum Gasteiger partial charge on any atom is -0.325 e. The van der Waals surface area contributed by atoms with E-state index in [1.54, 1.807) is 0 Å². The van der Waals surface area contributed by atoms with Crippen molar-refractivity contribution in [3.63, 3.8) is 0 Å². The van der Waals surface area contributed by atoms with Gasteiger partial charge in [0.25, 0.3) is 5.69 Å². The van der Waals surface area contributed by atoms with Crippen LogP contribution in [-0.4, -0.2) is 32.7 Å². The van der Waals surface area contributed by atoms with Crippen molar-refractivity contribution >= 4 is 51.7 Å². The summed E-state index contributed by atoms with van der Waals surface area (Å²) in [7, 11) is 0. The number of amides is 2. The highest BCUT2D eigenvalue weighted by molar-refractivity contribution is 8.15. The second kappa shape index (κ2) is 7.40. The fourth-order valence-electron chi connectivity index (χ4n) is 1.99. The number of aliphatic imine (C=N–C) groups is 1. The van der Waals surface area contributed by atoms with Gasteiger partial charge in [-0.1, -0.05) is 23.4 Å². The van der Waals surface area contributed by atoms with Gasteiger partial charge in [-0.25, -0.2) is 0 Å². The van der Waals surface area contributed by atoms with Gasteiger partial charge in [-0.2, -0.15) is 0 Å². The molecule has 1 saturated heterocycles. The van der Waals surface area contributed by atoms with Gasteiger partial charge in [0, 0.05) is 18.6 Å². The average molecular weight is 385 g/mol. The van der Waals surface area contributed by atoms with Gasteiger partial charge in [0.15, 0.2) is 5.17 Å². The quantitative estimate of drug-likeness (QED) is 0.611. The zero-order valence-corrected chi connectivity index (χ0v) is 15.4. The molecule has 1 aliphatic rings. The van der Waals surface area contributed by atoms with Crippen molar-refractivity contribution in [2.75, 3.05) is 5.32 Å². The van der Waals surface area contributed by atoms with Gasteiger partial charge in [0.1, 0.15) is 5.25 Å². The van der Waals surface area contributed by atoms with Gasteiger partial charge in [-0.05, 0) is 26.8 Å². The van der Waals surface area contributed by atoms with Crippen molar-refractivity contribution in [2.24, 2.45) is 4.99 Å². The summed E-state index contributed by atoms with van der Waals surface area (Å²) < 4.78 is 0. The van der Waals surface area contributed by atoms with E-state index in [-0.39, 0.29) is 34.3 Å². The van der Waals surface area contributed by atoms with Crippen LogP contribution < -0.4 is 10.6 Å². The van der Waals surface area contributed by atoms with Crippen molar-refractivity contribution in [1.29, 1.82) is 0 Å². The predicted molar refractivity (Wildman–Crippen MR) is 98.1 cm³/mol. The largest absolute Gasteiger partial charge is 0.325 e. The molecule has 8 nitrogen and oxygen atoms in total. The minimum absolute atomic E-state index is 0.0985. The molecule has 0 aromatic heterocycles. The molecule has 2 amide bonds. The lowest BCUT2D eigenvalue weighted by molar-refractivity contribution is -0.384. The first kappa shape index (κ1) is 19.2. The molecule has 2 rings (SSSR count). The van der Waals surface area contributed by atoms with Crippen LogP contribution >= 0.6 is 23.4 Å². The first-order valence-electron chi connectivity index (χ1n) is 7.36. The fourth-order valence-corrected chi connectivity index (χ4v) is 3.31. The summed E-state index contributed by atoms with van der Waals surface area (Å²) in [5.74, 6) is -0.764. The number of nitro groups is 1. The number of non-ortho nitro benzene ring substituents is 1. The first-order valence-corrected chi connectivity index (χ1v) is 8.62. The monoisotopic (exact) mass is 384 g/mol. The molecule has 25 heavy (non-hydrogen) atoms. The third-order valence-corrected chi connectivity index (χ3v) is 4.43. The number of nitrogens with one attached hydrogen (secondary N) is 2.